The van der Waals surface area contributed by atoms with Gasteiger partial charge >= 0.3 is 0 Å². The molecular formula is C14H23NO2S. The molecule has 4 heteroatoms. The summed E-state index contributed by atoms with van der Waals surface area (Å²) in [6.07, 6.45) is 0. The summed E-state index contributed by atoms with van der Waals surface area (Å²) in [5.41, 5.74) is -0.180. The standard InChI is InChI=1S/C14H23NO2S/c1-14(2,17-5)13(15-3)10-18-12-8-6-7-11(9-12)16-4/h6-9,13,15H,10H2,1-5H3. The number of hydrogen-bond acceptors (Lipinski definition) is 4. The first-order valence-corrected chi connectivity index (χ1v) is 7.01. The molecule has 3 nitrogen and oxygen atoms in total. The summed E-state index contributed by atoms with van der Waals surface area (Å²) in [6, 6.07) is 8.41. The summed E-state index contributed by atoms with van der Waals surface area (Å²) in [5, 5.41) is 3.32. The lowest BCUT2D eigenvalue weighted by Crippen LogP contribution is -2.48. The van der Waals surface area contributed by atoms with Gasteiger partial charge in [-0.2, -0.15) is 0 Å². The zero-order valence-corrected chi connectivity index (χ0v) is 12.6. The normalized spacial score (nSPS) is 13.4. The zero-order chi connectivity index (χ0) is 13.6. The maximum Gasteiger partial charge on any atom is 0.119 e. The lowest BCUT2D eigenvalue weighted by atomic mass is 10.0. The summed E-state index contributed by atoms with van der Waals surface area (Å²) in [5.74, 6) is 1.84. The van der Waals surface area contributed by atoms with Gasteiger partial charge in [-0.25, -0.2) is 0 Å². The van der Waals surface area contributed by atoms with Crippen LogP contribution < -0.4 is 10.1 Å². The predicted octanol–water partition coefficient (Wildman–Crippen LogP) is 2.80. The molecule has 102 valence electrons. The van der Waals surface area contributed by atoms with Crippen molar-refractivity contribution < 1.29 is 9.47 Å². The van der Waals surface area contributed by atoms with E-state index >= 15 is 0 Å². The molecule has 1 unspecified atom stereocenters. The highest BCUT2D eigenvalue weighted by molar-refractivity contribution is 7.99. The average molecular weight is 269 g/mol. The van der Waals surface area contributed by atoms with Crippen LogP contribution in [0.2, 0.25) is 0 Å². The molecule has 18 heavy (non-hydrogen) atoms. The van der Waals surface area contributed by atoms with Gasteiger partial charge in [0.1, 0.15) is 5.75 Å². The summed E-state index contributed by atoms with van der Waals surface area (Å²) >= 11 is 1.80. The third kappa shape index (κ3) is 4.19. The van der Waals surface area contributed by atoms with Crippen LogP contribution in [0.15, 0.2) is 29.2 Å². The number of likely N-dealkylation sites (N-methyl/N-ethyl adjacent to an activating group) is 1. The molecule has 0 saturated carbocycles. The van der Waals surface area contributed by atoms with Crippen LogP contribution in [0.3, 0.4) is 0 Å². The van der Waals surface area contributed by atoms with Gasteiger partial charge < -0.3 is 14.8 Å². The van der Waals surface area contributed by atoms with Gasteiger partial charge in [0.15, 0.2) is 0 Å². The van der Waals surface area contributed by atoms with E-state index in [0.717, 1.165) is 11.5 Å². The predicted molar refractivity (Wildman–Crippen MR) is 77.7 cm³/mol. The van der Waals surface area contributed by atoms with Crippen molar-refractivity contribution in [2.45, 2.75) is 30.4 Å². The molecule has 0 bridgehead atoms. The van der Waals surface area contributed by atoms with Crippen molar-refractivity contribution >= 4 is 11.8 Å². The Kier molecular flexibility index (Phi) is 5.99. The van der Waals surface area contributed by atoms with E-state index in [1.165, 1.54) is 4.90 Å². The SMILES string of the molecule is CNC(CSc1cccc(OC)c1)C(C)(C)OC. The van der Waals surface area contributed by atoms with Crippen molar-refractivity contribution in [1.29, 1.82) is 0 Å². The van der Waals surface area contributed by atoms with Crippen LogP contribution in [0.4, 0.5) is 0 Å². The molecule has 1 N–H and O–H groups in total. The quantitative estimate of drug-likeness (QED) is 0.771. The Hall–Kier alpha value is -0.710. The van der Waals surface area contributed by atoms with Crippen LogP contribution in [0, 0.1) is 0 Å². The number of nitrogens with one attached hydrogen (secondary N) is 1. The van der Waals surface area contributed by atoms with E-state index in [1.807, 2.05) is 19.2 Å². The van der Waals surface area contributed by atoms with Gasteiger partial charge in [0.05, 0.1) is 12.7 Å². The van der Waals surface area contributed by atoms with Crippen molar-refractivity contribution in [1.82, 2.24) is 5.32 Å². The first kappa shape index (κ1) is 15.3. The Labute approximate surface area is 114 Å². The first-order chi connectivity index (χ1) is 8.53. The molecule has 0 aliphatic carbocycles. The van der Waals surface area contributed by atoms with Crippen LogP contribution in [-0.2, 0) is 4.74 Å². The second kappa shape index (κ2) is 7.02. The highest BCUT2D eigenvalue weighted by atomic mass is 32.2. The van der Waals surface area contributed by atoms with E-state index in [0.29, 0.717) is 6.04 Å². The number of ether oxygens (including phenoxy) is 2. The van der Waals surface area contributed by atoms with Gasteiger partial charge in [-0.05, 0) is 39.1 Å². The summed E-state index contributed by atoms with van der Waals surface area (Å²) in [6.45, 7) is 4.20. The number of benzene rings is 1. The Morgan fingerprint density at radius 1 is 1.33 bits per heavy atom. The summed E-state index contributed by atoms with van der Waals surface area (Å²) in [4.78, 5) is 1.21. The van der Waals surface area contributed by atoms with Gasteiger partial charge in [-0.15, -0.1) is 11.8 Å². The number of hydrogen-bond donors (Lipinski definition) is 1. The first-order valence-electron chi connectivity index (χ1n) is 6.02. The molecule has 0 fully saturated rings. The lowest BCUT2D eigenvalue weighted by Gasteiger charge is -2.32. The fraction of sp³-hybridized carbons (Fsp3) is 0.571. The largest absolute Gasteiger partial charge is 0.497 e. The van der Waals surface area contributed by atoms with Crippen LogP contribution in [0.5, 0.6) is 5.75 Å². The highest BCUT2D eigenvalue weighted by Crippen LogP contribution is 2.26. The molecule has 0 amide bonds. The van der Waals surface area contributed by atoms with Crippen LogP contribution in [0.25, 0.3) is 0 Å². The Morgan fingerprint density at radius 3 is 2.61 bits per heavy atom. The zero-order valence-electron chi connectivity index (χ0n) is 11.8. The smallest absolute Gasteiger partial charge is 0.119 e. The van der Waals surface area contributed by atoms with Gasteiger partial charge in [0.25, 0.3) is 0 Å². The van der Waals surface area contributed by atoms with Gasteiger partial charge in [-0.1, -0.05) is 6.07 Å². The number of thioether (sulfide) groups is 1. The third-order valence-electron chi connectivity index (χ3n) is 3.17. The molecule has 1 atom stereocenters. The van der Waals surface area contributed by atoms with Crippen molar-refractivity contribution in [3.8, 4) is 5.75 Å². The molecule has 0 aliphatic rings. The molecular weight excluding hydrogens is 246 g/mol. The van der Waals surface area contributed by atoms with E-state index in [2.05, 4.69) is 31.3 Å². The fourth-order valence-electron chi connectivity index (χ4n) is 1.64. The molecule has 0 aliphatic heterocycles. The minimum absolute atomic E-state index is 0.180. The molecule has 1 rings (SSSR count). The average Bonchev–Trinajstić information content (AvgIpc) is 2.39. The Balaban J connectivity index is 2.62. The van der Waals surface area contributed by atoms with E-state index < -0.39 is 0 Å². The second-order valence-corrected chi connectivity index (χ2v) is 5.73. The second-order valence-electron chi connectivity index (χ2n) is 4.64. The van der Waals surface area contributed by atoms with E-state index in [-0.39, 0.29) is 5.60 Å². The molecule has 1 aromatic carbocycles. The minimum atomic E-state index is -0.180. The van der Waals surface area contributed by atoms with E-state index in [9.17, 15) is 0 Å². The summed E-state index contributed by atoms with van der Waals surface area (Å²) in [7, 11) is 5.41. The monoisotopic (exact) mass is 269 g/mol. The topological polar surface area (TPSA) is 30.5 Å². The van der Waals surface area contributed by atoms with E-state index in [4.69, 9.17) is 9.47 Å². The van der Waals surface area contributed by atoms with Crippen LogP contribution in [0.1, 0.15) is 13.8 Å². The fourth-order valence-corrected chi connectivity index (χ4v) is 2.95. The van der Waals surface area contributed by atoms with Crippen molar-refractivity contribution in [2.24, 2.45) is 0 Å². The lowest BCUT2D eigenvalue weighted by molar-refractivity contribution is -0.00155. The van der Waals surface area contributed by atoms with Gasteiger partial charge in [0.2, 0.25) is 0 Å². The third-order valence-corrected chi connectivity index (χ3v) is 4.26. The van der Waals surface area contributed by atoms with Crippen LogP contribution in [-0.4, -0.2) is 38.7 Å². The van der Waals surface area contributed by atoms with Crippen LogP contribution >= 0.6 is 11.8 Å². The van der Waals surface area contributed by atoms with Gasteiger partial charge in [-0.3, -0.25) is 0 Å². The Bertz CT molecular complexity index is 369. The molecule has 0 radical (unpaired) electrons. The number of methoxy groups -OCH3 is 2. The molecule has 0 aromatic heterocycles. The number of rotatable bonds is 7. The molecule has 1 aromatic rings. The van der Waals surface area contributed by atoms with E-state index in [1.54, 1.807) is 26.0 Å². The highest BCUT2D eigenvalue weighted by Gasteiger charge is 2.27. The van der Waals surface area contributed by atoms with Crippen molar-refractivity contribution in [2.75, 3.05) is 27.0 Å². The molecule has 0 saturated heterocycles. The summed E-state index contributed by atoms with van der Waals surface area (Å²) < 4.78 is 10.7. The maximum atomic E-state index is 5.52. The maximum absolute atomic E-state index is 5.52. The molecule has 0 heterocycles. The van der Waals surface area contributed by atoms with Crippen molar-refractivity contribution in [3.05, 3.63) is 24.3 Å². The molecule has 0 spiro atoms. The van der Waals surface area contributed by atoms with Crippen molar-refractivity contribution in [3.63, 3.8) is 0 Å². The minimum Gasteiger partial charge on any atom is -0.497 e. The van der Waals surface area contributed by atoms with Gasteiger partial charge in [0, 0.05) is 23.8 Å². The Morgan fingerprint density at radius 2 is 2.06 bits per heavy atom.